The number of imide groups is 1. The van der Waals surface area contributed by atoms with Crippen LogP contribution in [-0.2, 0) is 22.6 Å². The molecule has 39 heavy (non-hydrogen) atoms. The number of benzene rings is 3. The first-order valence-electron chi connectivity index (χ1n) is 13.1. The molecule has 0 unspecified atom stereocenters. The van der Waals surface area contributed by atoms with Gasteiger partial charge in [0.05, 0.1) is 18.2 Å². The SMILES string of the molecule is CCNC(=O)[C@H](Cc1ccccc1)N(Cc1cccc(OC)c1)C(=O)CCCN1C(=O)c2ccccc2C1=O. The zero-order chi connectivity index (χ0) is 27.8. The fraction of sp³-hybridized carbons (Fsp3) is 0.290. The van der Waals surface area contributed by atoms with Crippen molar-refractivity contribution >= 4 is 23.6 Å². The zero-order valence-corrected chi connectivity index (χ0v) is 22.3. The van der Waals surface area contributed by atoms with Crippen LogP contribution in [0.2, 0.25) is 0 Å². The van der Waals surface area contributed by atoms with Gasteiger partial charge in [0.1, 0.15) is 11.8 Å². The third kappa shape index (κ3) is 6.52. The molecule has 8 nitrogen and oxygen atoms in total. The molecule has 0 saturated carbocycles. The molecule has 1 heterocycles. The number of methoxy groups -OCH3 is 1. The zero-order valence-electron chi connectivity index (χ0n) is 22.3. The van der Waals surface area contributed by atoms with E-state index in [1.807, 2.05) is 61.5 Å². The number of ether oxygens (including phenoxy) is 1. The minimum absolute atomic E-state index is 0.0715. The van der Waals surface area contributed by atoms with Crippen LogP contribution in [0, 0.1) is 0 Å². The van der Waals surface area contributed by atoms with E-state index < -0.39 is 6.04 Å². The van der Waals surface area contributed by atoms with Gasteiger partial charge in [-0.1, -0.05) is 54.6 Å². The van der Waals surface area contributed by atoms with Gasteiger partial charge >= 0.3 is 0 Å². The molecule has 1 aliphatic heterocycles. The average Bonchev–Trinajstić information content (AvgIpc) is 3.20. The maximum absolute atomic E-state index is 13.7. The highest BCUT2D eigenvalue weighted by molar-refractivity contribution is 6.21. The number of fused-ring (bicyclic) bond motifs is 1. The largest absolute Gasteiger partial charge is 0.497 e. The Morgan fingerprint density at radius 3 is 2.18 bits per heavy atom. The number of carbonyl (C=O) groups excluding carboxylic acids is 4. The molecule has 3 aromatic rings. The van der Waals surface area contributed by atoms with Gasteiger partial charge in [-0.3, -0.25) is 24.1 Å². The number of carbonyl (C=O) groups is 4. The second-order valence-corrected chi connectivity index (χ2v) is 9.38. The first-order valence-corrected chi connectivity index (χ1v) is 13.1. The van der Waals surface area contributed by atoms with Crippen molar-refractivity contribution in [1.29, 1.82) is 0 Å². The summed E-state index contributed by atoms with van der Waals surface area (Å²) in [5, 5.41) is 2.88. The fourth-order valence-electron chi connectivity index (χ4n) is 4.79. The Kier molecular flexibility index (Phi) is 9.10. The van der Waals surface area contributed by atoms with Crippen LogP contribution in [-0.4, -0.2) is 59.7 Å². The minimum Gasteiger partial charge on any atom is -0.497 e. The Morgan fingerprint density at radius 1 is 0.897 bits per heavy atom. The summed E-state index contributed by atoms with van der Waals surface area (Å²) in [6.45, 7) is 2.60. The first-order chi connectivity index (χ1) is 18.9. The van der Waals surface area contributed by atoms with Gasteiger partial charge in [0, 0.05) is 32.5 Å². The molecule has 4 rings (SSSR count). The molecule has 1 N–H and O–H groups in total. The Hall–Kier alpha value is -4.46. The fourth-order valence-corrected chi connectivity index (χ4v) is 4.79. The Balaban J connectivity index is 1.54. The summed E-state index contributed by atoms with van der Waals surface area (Å²) in [4.78, 5) is 55.3. The Labute approximate surface area is 228 Å². The van der Waals surface area contributed by atoms with Crippen LogP contribution < -0.4 is 10.1 Å². The van der Waals surface area contributed by atoms with E-state index in [9.17, 15) is 19.2 Å². The van der Waals surface area contributed by atoms with E-state index in [1.54, 1.807) is 36.3 Å². The normalized spacial score (nSPS) is 13.1. The van der Waals surface area contributed by atoms with Crippen molar-refractivity contribution in [2.75, 3.05) is 20.2 Å². The van der Waals surface area contributed by atoms with Gasteiger partial charge in [0.15, 0.2) is 0 Å². The second kappa shape index (κ2) is 12.9. The third-order valence-corrected chi connectivity index (χ3v) is 6.76. The average molecular weight is 528 g/mol. The topological polar surface area (TPSA) is 96.0 Å². The van der Waals surface area contributed by atoms with Gasteiger partial charge in [-0.15, -0.1) is 0 Å². The van der Waals surface area contributed by atoms with Crippen molar-refractivity contribution in [2.24, 2.45) is 0 Å². The van der Waals surface area contributed by atoms with Crippen LogP contribution >= 0.6 is 0 Å². The highest BCUT2D eigenvalue weighted by Gasteiger charge is 2.35. The summed E-state index contributed by atoms with van der Waals surface area (Å²) < 4.78 is 5.36. The molecule has 0 saturated heterocycles. The summed E-state index contributed by atoms with van der Waals surface area (Å²) in [7, 11) is 1.58. The molecule has 1 atom stereocenters. The minimum atomic E-state index is -0.745. The number of nitrogens with one attached hydrogen (secondary N) is 1. The van der Waals surface area contributed by atoms with Crippen molar-refractivity contribution < 1.29 is 23.9 Å². The van der Waals surface area contributed by atoms with Gasteiger partial charge < -0.3 is 15.0 Å². The molecule has 0 spiro atoms. The summed E-state index contributed by atoms with van der Waals surface area (Å²) in [5.74, 6) is -0.510. The molecule has 0 bridgehead atoms. The number of rotatable bonds is 12. The maximum Gasteiger partial charge on any atom is 0.261 e. The first kappa shape index (κ1) is 27.6. The molecule has 202 valence electrons. The molecular formula is C31H33N3O5. The van der Waals surface area contributed by atoms with Gasteiger partial charge in [-0.25, -0.2) is 0 Å². The van der Waals surface area contributed by atoms with Crippen LogP contribution in [0.1, 0.15) is 51.6 Å². The molecule has 0 aromatic heterocycles. The predicted molar refractivity (Wildman–Crippen MR) is 147 cm³/mol. The highest BCUT2D eigenvalue weighted by Crippen LogP contribution is 2.24. The van der Waals surface area contributed by atoms with E-state index in [1.165, 1.54) is 4.90 Å². The third-order valence-electron chi connectivity index (χ3n) is 6.76. The lowest BCUT2D eigenvalue weighted by molar-refractivity contribution is -0.141. The molecule has 0 fully saturated rings. The van der Waals surface area contributed by atoms with Gasteiger partial charge in [-0.05, 0) is 48.7 Å². The lowest BCUT2D eigenvalue weighted by Gasteiger charge is -2.32. The molecule has 4 amide bonds. The molecular weight excluding hydrogens is 494 g/mol. The van der Waals surface area contributed by atoms with Crippen molar-refractivity contribution in [3.8, 4) is 5.75 Å². The van der Waals surface area contributed by atoms with Crippen molar-refractivity contribution in [3.05, 3.63) is 101 Å². The summed E-state index contributed by atoms with van der Waals surface area (Å²) >= 11 is 0. The maximum atomic E-state index is 13.7. The van der Waals surface area contributed by atoms with E-state index in [0.29, 0.717) is 29.8 Å². The smallest absolute Gasteiger partial charge is 0.261 e. The van der Waals surface area contributed by atoms with Crippen LogP contribution in [0.5, 0.6) is 5.75 Å². The standard InChI is InChI=1S/C31H33N3O5/c1-3-32-29(36)27(20-22-11-5-4-6-12-22)34(21-23-13-9-14-24(19-23)39-2)28(35)17-10-18-33-30(37)25-15-7-8-16-26(25)31(33)38/h4-9,11-16,19,27H,3,10,17-18,20-21H2,1-2H3,(H,32,36)/t27-/m0/s1. The molecule has 3 aromatic carbocycles. The van der Waals surface area contributed by atoms with Crippen molar-refractivity contribution in [3.63, 3.8) is 0 Å². The number of hydrogen-bond acceptors (Lipinski definition) is 5. The van der Waals surface area contributed by atoms with E-state index in [4.69, 9.17) is 4.74 Å². The highest BCUT2D eigenvalue weighted by atomic mass is 16.5. The summed E-state index contributed by atoms with van der Waals surface area (Å²) in [6.07, 6.45) is 0.704. The quantitative estimate of drug-likeness (QED) is 0.361. The lowest BCUT2D eigenvalue weighted by atomic mass is 10.0. The lowest BCUT2D eigenvalue weighted by Crippen LogP contribution is -2.50. The van der Waals surface area contributed by atoms with E-state index >= 15 is 0 Å². The Morgan fingerprint density at radius 2 is 1.54 bits per heavy atom. The van der Waals surface area contributed by atoms with Crippen LogP contribution in [0.3, 0.4) is 0 Å². The molecule has 8 heteroatoms. The van der Waals surface area contributed by atoms with Crippen LogP contribution in [0.15, 0.2) is 78.9 Å². The van der Waals surface area contributed by atoms with Crippen molar-refractivity contribution in [1.82, 2.24) is 15.1 Å². The number of hydrogen-bond donors (Lipinski definition) is 1. The van der Waals surface area contributed by atoms with Crippen LogP contribution in [0.25, 0.3) is 0 Å². The van der Waals surface area contributed by atoms with Gasteiger partial charge in [-0.2, -0.15) is 0 Å². The second-order valence-electron chi connectivity index (χ2n) is 9.38. The summed E-state index contributed by atoms with van der Waals surface area (Å²) in [6, 6.07) is 23.0. The monoisotopic (exact) mass is 527 g/mol. The molecule has 1 aliphatic rings. The van der Waals surface area contributed by atoms with E-state index in [0.717, 1.165) is 11.1 Å². The molecule has 0 aliphatic carbocycles. The number of nitrogens with zero attached hydrogens (tertiary/aromatic N) is 2. The van der Waals surface area contributed by atoms with E-state index in [-0.39, 0.29) is 49.6 Å². The van der Waals surface area contributed by atoms with E-state index in [2.05, 4.69) is 5.32 Å². The number of amides is 4. The molecule has 0 radical (unpaired) electrons. The predicted octanol–water partition coefficient (Wildman–Crippen LogP) is 3.85. The van der Waals surface area contributed by atoms with Gasteiger partial charge in [0.2, 0.25) is 11.8 Å². The Bertz CT molecular complexity index is 1310. The van der Waals surface area contributed by atoms with Crippen molar-refractivity contribution in [2.45, 2.75) is 38.8 Å². The van der Waals surface area contributed by atoms with Gasteiger partial charge in [0.25, 0.3) is 11.8 Å². The number of likely N-dealkylation sites (N-methyl/N-ethyl adjacent to an activating group) is 1. The van der Waals surface area contributed by atoms with Crippen LogP contribution in [0.4, 0.5) is 0 Å². The summed E-state index contributed by atoms with van der Waals surface area (Å²) in [5.41, 5.74) is 2.52.